The summed E-state index contributed by atoms with van der Waals surface area (Å²) in [6, 6.07) is 0. The maximum atomic E-state index is 13.1. The van der Waals surface area contributed by atoms with Crippen molar-refractivity contribution in [3.05, 3.63) is 0 Å². The van der Waals surface area contributed by atoms with Crippen LogP contribution in [0, 0.1) is 0 Å². The summed E-state index contributed by atoms with van der Waals surface area (Å²) in [4.78, 5) is 0. The second kappa shape index (κ2) is 5.51. The molecule has 0 rings (SSSR count). The quantitative estimate of drug-likeness (QED) is 0.768. The minimum atomic E-state index is -3.12. The standard InChI is InChI=1S/C10H21F3O2Si/c1-10(2,3)16(4,5)15-7(6-14)8(11)9(12)13/h7-9,14H,6H2,1-5H3. The van der Waals surface area contributed by atoms with Gasteiger partial charge in [0.25, 0.3) is 6.43 Å². The van der Waals surface area contributed by atoms with Crippen LogP contribution in [-0.4, -0.2) is 38.7 Å². The molecule has 0 heterocycles. The minimum absolute atomic E-state index is 0.206. The minimum Gasteiger partial charge on any atom is -0.408 e. The highest BCUT2D eigenvalue weighted by atomic mass is 28.4. The van der Waals surface area contributed by atoms with Crippen molar-refractivity contribution < 1.29 is 22.7 Å². The molecule has 2 nitrogen and oxygen atoms in total. The van der Waals surface area contributed by atoms with Crippen LogP contribution in [-0.2, 0) is 4.43 Å². The molecule has 0 aliphatic rings. The summed E-state index contributed by atoms with van der Waals surface area (Å²) >= 11 is 0. The highest BCUT2D eigenvalue weighted by Gasteiger charge is 2.42. The molecule has 0 aromatic carbocycles. The predicted molar refractivity (Wildman–Crippen MR) is 60.1 cm³/mol. The largest absolute Gasteiger partial charge is 0.408 e. The molecule has 0 amide bonds. The van der Waals surface area contributed by atoms with Crippen LogP contribution in [0.4, 0.5) is 13.2 Å². The van der Waals surface area contributed by atoms with Gasteiger partial charge < -0.3 is 9.53 Å². The fraction of sp³-hybridized carbons (Fsp3) is 1.00. The SMILES string of the molecule is CC(C)(C)[Si](C)(C)OC(CO)C(F)C(F)F. The summed E-state index contributed by atoms with van der Waals surface area (Å²) < 4.78 is 42.9. The van der Waals surface area contributed by atoms with E-state index in [-0.39, 0.29) is 5.04 Å². The molecule has 6 heteroatoms. The summed E-state index contributed by atoms with van der Waals surface area (Å²) in [5.74, 6) is 0. The van der Waals surface area contributed by atoms with E-state index in [1.54, 1.807) is 0 Å². The average molecular weight is 258 g/mol. The summed E-state index contributed by atoms with van der Waals surface area (Å²) in [6.45, 7) is 8.69. The van der Waals surface area contributed by atoms with Crippen LogP contribution in [0.1, 0.15) is 20.8 Å². The van der Waals surface area contributed by atoms with E-state index in [2.05, 4.69) is 0 Å². The van der Waals surface area contributed by atoms with Gasteiger partial charge in [-0.2, -0.15) is 0 Å². The van der Waals surface area contributed by atoms with Crippen LogP contribution in [0.15, 0.2) is 0 Å². The topological polar surface area (TPSA) is 29.5 Å². The van der Waals surface area contributed by atoms with E-state index >= 15 is 0 Å². The monoisotopic (exact) mass is 258 g/mol. The van der Waals surface area contributed by atoms with Gasteiger partial charge in [0.15, 0.2) is 14.5 Å². The van der Waals surface area contributed by atoms with E-state index in [0.717, 1.165) is 0 Å². The van der Waals surface area contributed by atoms with Crippen molar-refractivity contribution in [2.24, 2.45) is 0 Å². The first-order valence-corrected chi connectivity index (χ1v) is 8.14. The molecular weight excluding hydrogens is 237 g/mol. The Morgan fingerprint density at radius 2 is 1.62 bits per heavy atom. The number of hydrogen-bond acceptors (Lipinski definition) is 2. The van der Waals surface area contributed by atoms with Gasteiger partial charge in [-0.1, -0.05) is 20.8 Å². The first-order valence-electron chi connectivity index (χ1n) is 5.24. The van der Waals surface area contributed by atoms with Crippen molar-refractivity contribution in [1.82, 2.24) is 0 Å². The fourth-order valence-corrected chi connectivity index (χ4v) is 2.24. The van der Waals surface area contributed by atoms with Crippen molar-refractivity contribution in [2.75, 3.05) is 6.61 Å². The van der Waals surface area contributed by atoms with Gasteiger partial charge in [0.05, 0.1) is 6.61 Å². The maximum absolute atomic E-state index is 13.1. The van der Waals surface area contributed by atoms with Crippen molar-refractivity contribution in [3.63, 3.8) is 0 Å². The maximum Gasteiger partial charge on any atom is 0.271 e. The lowest BCUT2D eigenvalue weighted by Crippen LogP contribution is -2.48. The summed E-state index contributed by atoms with van der Waals surface area (Å²) in [5.41, 5.74) is 0. The molecule has 0 radical (unpaired) electrons. The highest BCUT2D eigenvalue weighted by molar-refractivity contribution is 6.74. The molecule has 0 aliphatic carbocycles. The lowest BCUT2D eigenvalue weighted by molar-refractivity contribution is -0.0429. The van der Waals surface area contributed by atoms with Gasteiger partial charge in [-0.15, -0.1) is 0 Å². The Kier molecular flexibility index (Phi) is 5.48. The molecule has 16 heavy (non-hydrogen) atoms. The van der Waals surface area contributed by atoms with Crippen LogP contribution < -0.4 is 0 Å². The second-order valence-electron chi connectivity index (χ2n) is 5.38. The van der Waals surface area contributed by atoms with Crippen LogP contribution in [0.2, 0.25) is 18.1 Å². The van der Waals surface area contributed by atoms with E-state index in [1.165, 1.54) is 0 Å². The van der Waals surface area contributed by atoms with E-state index < -0.39 is 33.6 Å². The summed E-state index contributed by atoms with van der Waals surface area (Å²) in [5, 5.41) is 8.69. The average Bonchev–Trinajstić information content (AvgIpc) is 2.11. The highest BCUT2D eigenvalue weighted by Crippen LogP contribution is 2.38. The molecule has 0 aliphatic heterocycles. The number of aliphatic hydroxyl groups is 1. The molecule has 0 aromatic heterocycles. The molecule has 0 spiro atoms. The third kappa shape index (κ3) is 4.07. The van der Waals surface area contributed by atoms with Crippen molar-refractivity contribution in [1.29, 1.82) is 0 Å². The Labute approximate surface area is 95.9 Å². The Morgan fingerprint density at radius 3 is 1.88 bits per heavy atom. The van der Waals surface area contributed by atoms with E-state index in [1.807, 2.05) is 33.9 Å². The summed E-state index contributed by atoms with van der Waals surface area (Å²) in [6.07, 6.45) is -6.98. The zero-order valence-electron chi connectivity index (χ0n) is 10.4. The first-order chi connectivity index (χ1) is 7.03. The third-order valence-corrected chi connectivity index (χ3v) is 7.53. The molecule has 0 saturated heterocycles. The molecule has 1 N–H and O–H groups in total. The van der Waals surface area contributed by atoms with E-state index in [4.69, 9.17) is 9.53 Å². The summed E-state index contributed by atoms with van der Waals surface area (Å²) in [7, 11) is -2.33. The molecule has 98 valence electrons. The number of halogens is 3. The van der Waals surface area contributed by atoms with Gasteiger partial charge in [-0.3, -0.25) is 0 Å². The Bertz CT molecular complexity index is 217. The van der Waals surface area contributed by atoms with E-state index in [9.17, 15) is 13.2 Å². The molecule has 0 saturated carbocycles. The van der Waals surface area contributed by atoms with Crippen molar-refractivity contribution in [3.8, 4) is 0 Å². The van der Waals surface area contributed by atoms with Gasteiger partial charge in [0.2, 0.25) is 0 Å². The van der Waals surface area contributed by atoms with Gasteiger partial charge >= 0.3 is 0 Å². The number of aliphatic hydroxyl groups excluding tert-OH is 1. The van der Waals surface area contributed by atoms with Crippen LogP contribution in [0.3, 0.4) is 0 Å². The second-order valence-corrected chi connectivity index (χ2v) is 10.1. The smallest absolute Gasteiger partial charge is 0.271 e. The number of alkyl halides is 3. The first kappa shape index (κ1) is 15.9. The normalized spacial score (nSPS) is 17.6. The predicted octanol–water partition coefficient (Wildman–Crippen LogP) is 2.97. The molecule has 0 aromatic rings. The molecule has 2 atom stereocenters. The fourth-order valence-electron chi connectivity index (χ4n) is 0.920. The molecule has 2 unspecified atom stereocenters. The molecule has 0 fully saturated rings. The third-order valence-electron chi connectivity index (χ3n) is 3.03. The van der Waals surface area contributed by atoms with E-state index in [0.29, 0.717) is 0 Å². The zero-order valence-corrected chi connectivity index (χ0v) is 11.4. The van der Waals surface area contributed by atoms with Gasteiger partial charge in [0, 0.05) is 0 Å². The zero-order chi connectivity index (χ0) is 13.1. The Balaban J connectivity index is 4.67. The van der Waals surface area contributed by atoms with Crippen LogP contribution in [0.25, 0.3) is 0 Å². The van der Waals surface area contributed by atoms with Crippen molar-refractivity contribution >= 4 is 8.32 Å². The number of rotatable bonds is 5. The van der Waals surface area contributed by atoms with Gasteiger partial charge in [0.1, 0.15) is 6.10 Å². The molecule has 0 bridgehead atoms. The Morgan fingerprint density at radius 1 is 1.19 bits per heavy atom. The van der Waals surface area contributed by atoms with Gasteiger partial charge in [-0.05, 0) is 18.1 Å². The lowest BCUT2D eigenvalue weighted by atomic mass is 10.2. The molecular formula is C10H21F3O2Si. The number of hydrogen-bond donors (Lipinski definition) is 1. The van der Waals surface area contributed by atoms with Gasteiger partial charge in [-0.25, -0.2) is 13.2 Å². The Hall–Kier alpha value is -0.0731. The lowest BCUT2D eigenvalue weighted by Gasteiger charge is -2.39. The van der Waals surface area contributed by atoms with Crippen LogP contribution in [0.5, 0.6) is 0 Å². The van der Waals surface area contributed by atoms with Crippen LogP contribution >= 0.6 is 0 Å². The van der Waals surface area contributed by atoms with Crippen molar-refractivity contribution in [2.45, 2.75) is 57.6 Å².